The van der Waals surface area contributed by atoms with Crippen LogP contribution in [0.5, 0.6) is 11.5 Å². The van der Waals surface area contributed by atoms with E-state index in [1.165, 1.54) is 0 Å². The van der Waals surface area contributed by atoms with Crippen molar-refractivity contribution in [3.63, 3.8) is 0 Å². The van der Waals surface area contributed by atoms with E-state index in [0.29, 0.717) is 6.54 Å². The van der Waals surface area contributed by atoms with Gasteiger partial charge in [0.25, 0.3) is 0 Å². The van der Waals surface area contributed by atoms with Crippen LogP contribution in [0, 0.1) is 0 Å². The van der Waals surface area contributed by atoms with Crippen molar-refractivity contribution in [1.29, 1.82) is 0 Å². The zero-order valence-electron chi connectivity index (χ0n) is 16.3. The average molecular weight is 470 g/mol. The Morgan fingerprint density at radius 2 is 1.83 bits per heavy atom. The molecule has 7 heteroatoms. The molecule has 5 nitrogen and oxygen atoms in total. The highest BCUT2D eigenvalue weighted by molar-refractivity contribution is 9.10. The Kier molecular flexibility index (Phi) is 5.69. The fraction of sp³-hybridized carbons (Fsp3) is 0.182. The molecule has 0 unspecified atom stereocenters. The van der Waals surface area contributed by atoms with Crippen LogP contribution in [0.3, 0.4) is 0 Å². The first kappa shape index (κ1) is 19.7. The van der Waals surface area contributed by atoms with Crippen LogP contribution in [0.2, 0.25) is 0 Å². The molecule has 0 atom stereocenters. The number of benzene rings is 2. The number of ether oxygens (including phenoxy) is 2. The second-order valence-electron chi connectivity index (χ2n) is 6.57. The number of anilines is 1. The fourth-order valence-corrected chi connectivity index (χ4v) is 4.65. The van der Waals surface area contributed by atoms with Gasteiger partial charge in [-0.1, -0.05) is 28.1 Å². The van der Waals surface area contributed by atoms with Gasteiger partial charge >= 0.3 is 0 Å². The van der Waals surface area contributed by atoms with Crippen molar-refractivity contribution >= 4 is 43.3 Å². The van der Waals surface area contributed by atoms with Gasteiger partial charge in [-0.15, -0.1) is 11.3 Å². The molecule has 0 radical (unpaired) electrons. The van der Waals surface area contributed by atoms with E-state index in [1.807, 2.05) is 31.3 Å². The predicted octanol–water partition coefficient (Wildman–Crippen LogP) is 5.77. The van der Waals surface area contributed by atoms with E-state index in [4.69, 9.17) is 9.47 Å². The Bertz CT molecular complexity index is 1140. The summed E-state index contributed by atoms with van der Waals surface area (Å²) in [6.45, 7) is 0.659. The lowest BCUT2D eigenvalue weighted by Crippen LogP contribution is -2.18. The van der Waals surface area contributed by atoms with Crippen LogP contribution in [0.15, 0.2) is 58.6 Å². The summed E-state index contributed by atoms with van der Waals surface area (Å²) in [5.74, 6) is 2.58. The van der Waals surface area contributed by atoms with E-state index in [0.717, 1.165) is 48.7 Å². The number of thiophene rings is 1. The number of rotatable bonds is 6. The third-order valence-electron chi connectivity index (χ3n) is 4.76. The molecule has 0 aliphatic heterocycles. The summed E-state index contributed by atoms with van der Waals surface area (Å²) < 4.78 is 11.8. The van der Waals surface area contributed by atoms with Crippen LogP contribution in [0.25, 0.3) is 21.3 Å². The van der Waals surface area contributed by atoms with Gasteiger partial charge in [-0.25, -0.2) is 9.97 Å². The molecule has 0 fully saturated rings. The predicted molar refractivity (Wildman–Crippen MR) is 122 cm³/mol. The molecule has 29 heavy (non-hydrogen) atoms. The maximum atomic E-state index is 5.53. The molecule has 0 amide bonds. The Morgan fingerprint density at radius 1 is 1.03 bits per heavy atom. The van der Waals surface area contributed by atoms with E-state index in [2.05, 4.69) is 54.4 Å². The Balaban J connectivity index is 1.76. The number of fused-ring (bicyclic) bond motifs is 1. The molecule has 0 aliphatic rings. The van der Waals surface area contributed by atoms with Gasteiger partial charge in [0.15, 0.2) is 0 Å². The highest BCUT2D eigenvalue weighted by atomic mass is 79.9. The van der Waals surface area contributed by atoms with Gasteiger partial charge in [0.05, 0.1) is 19.6 Å². The van der Waals surface area contributed by atoms with Gasteiger partial charge in [-0.05, 0) is 35.9 Å². The van der Waals surface area contributed by atoms with Crippen LogP contribution < -0.4 is 14.4 Å². The number of halogens is 1. The number of aromatic nitrogens is 2. The first-order valence-electron chi connectivity index (χ1n) is 9.01. The van der Waals surface area contributed by atoms with Gasteiger partial charge in [0, 0.05) is 34.6 Å². The monoisotopic (exact) mass is 469 g/mol. The molecule has 0 bridgehead atoms. The normalized spacial score (nSPS) is 10.9. The lowest BCUT2D eigenvalue weighted by molar-refractivity contribution is 0.409. The smallest absolute Gasteiger partial charge is 0.141 e. The van der Waals surface area contributed by atoms with Gasteiger partial charge in [-0.2, -0.15) is 0 Å². The van der Waals surface area contributed by atoms with Crippen LogP contribution in [0.1, 0.15) is 5.56 Å². The van der Waals surface area contributed by atoms with Crippen molar-refractivity contribution < 1.29 is 9.47 Å². The van der Waals surface area contributed by atoms with E-state index < -0.39 is 0 Å². The Labute approximate surface area is 182 Å². The number of nitrogens with zero attached hydrogens (tertiary/aromatic N) is 3. The first-order valence-corrected chi connectivity index (χ1v) is 10.7. The minimum absolute atomic E-state index is 0.659. The third kappa shape index (κ3) is 3.93. The van der Waals surface area contributed by atoms with Crippen molar-refractivity contribution in [2.45, 2.75) is 6.54 Å². The summed E-state index contributed by atoms with van der Waals surface area (Å²) in [6.07, 6.45) is 1.63. The zero-order valence-corrected chi connectivity index (χ0v) is 18.8. The molecule has 0 spiro atoms. The van der Waals surface area contributed by atoms with E-state index >= 15 is 0 Å². The Hall–Kier alpha value is -2.64. The van der Waals surface area contributed by atoms with Crippen LogP contribution in [0.4, 0.5) is 5.82 Å². The van der Waals surface area contributed by atoms with Crippen LogP contribution in [-0.2, 0) is 6.54 Å². The molecule has 2 aromatic heterocycles. The summed E-state index contributed by atoms with van der Waals surface area (Å²) in [5, 5.41) is 3.19. The van der Waals surface area contributed by atoms with Crippen molar-refractivity contribution in [3.05, 3.63) is 64.2 Å². The number of methoxy groups -OCH3 is 2. The quantitative estimate of drug-likeness (QED) is 0.358. The summed E-state index contributed by atoms with van der Waals surface area (Å²) in [6, 6.07) is 14.1. The summed E-state index contributed by atoms with van der Waals surface area (Å²) in [5.41, 5.74) is 3.32. The van der Waals surface area contributed by atoms with E-state index in [9.17, 15) is 0 Å². The summed E-state index contributed by atoms with van der Waals surface area (Å²) in [4.78, 5) is 12.2. The van der Waals surface area contributed by atoms with Crippen LogP contribution in [-0.4, -0.2) is 31.2 Å². The van der Waals surface area contributed by atoms with Gasteiger partial charge in [0.2, 0.25) is 0 Å². The largest absolute Gasteiger partial charge is 0.497 e. The zero-order chi connectivity index (χ0) is 20.4. The highest BCUT2D eigenvalue weighted by Crippen LogP contribution is 2.38. The SMILES string of the molecule is COc1ccc(-c2csc3ncnc(N(C)Cc4cc(Br)ccc4OC)c23)cc1. The lowest BCUT2D eigenvalue weighted by atomic mass is 10.1. The lowest BCUT2D eigenvalue weighted by Gasteiger charge is -2.21. The molecule has 0 saturated heterocycles. The molecule has 0 saturated carbocycles. The van der Waals surface area contributed by atoms with Crippen molar-refractivity contribution in [3.8, 4) is 22.6 Å². The summed E-state index contributed by atoms with van der Waals surface area (Å²) >= 11 is 5.18. The molecule has 2 aromatic carbocycles. The minimum Gasteiger partial charge on any atom is -0.497 e. The van der Waals surface area contributed by atoms with Gasteiger partial charge in [-0.3, -0.25) is 0 Å². The molecule has 0 aliphatic carbocycles. The minimum atomic E-state index is 0.659. The molecular formula is C22H20BrN3O2S. The van der Waals surface area contributed by atoms with Crippen molar-refractivity contribution in [1.82, 2.24) is 9.97 Å². The molecule has 148 valence electrons. The molecular weight excluding hydrogens is 450 g/mol. The van der Waals surface area contributed by atoms with E-state index in [1.54, 1.807) is 31.9 Å². The molecule has 4 rings (SSSR count). The molecule has 4 aromatic rings. The van der Waals surface area contributed by atoms with Gasteiger partial charge < -0.3 is 14.4 Å². The fourth-order valence-electron chi connectivity index (χ4n) is 3.33. The maximum Gasteiger partial charge on any atom is 0.141 e. The maximum absolute atomic E-state index is 5.53. The number of hydrogen-bond donors (Lipinski definition) is 0. The first-order chi connectivity index (χ1) is 14.1. The topological polar surface area (TPSA) is 47.5 Å². The Morgan fingerprint density at radius 3 is 2.55 bits per heavy atom. The second kappa shape index (κ2) is 8.39. The highest BCUT2D eigenvalue weighted by Gasteiger charge is 2.17. The van der Waals surface area contributed by atoms with Gasteiger partial charge in [0.1, 0.15) is 28.5 Å². The molecule has 2 heterocycles. The number of hydrogen-bond acceptors (Lipinski definition) is 6. The van der Waals surface area contributed by atoms with Crippen LogP contribution >= 0.6 is 27.3 Å². The van der Waals surface area contributed by atoms with Crippen molar-refractivity contribution in [2.24, 2.45) is 0 Å². The van der Waals surface area contributed by atoms with Crippen molar-refractivity contribution in [2.75, 3.05) is 26.2 Å². The standard InChI is InChI=1S/C22H20BrN3O2S/c1-26(11-15-10-16(23)6-9-19(15)28-3)21-20-18(12-29-22(20)25-13-24-21)14-4-7-17(27-2)8-5-14/h4-10,12-13H,11H2,1-3H3. The van der Waals surface area contributed by atoms with E-state index in [-0.39, 0.29) is 0 Å². The second-order valence-corrected chi connectivity index (χ2v) is 8.34. The molecule has 0 N–H and O–H groups in total. The summed E-state index contributed by atoms with van der Waals surface area (Å²) in [7, 11) is 5.40. The average Bonchev–Trinajstić information content (AvgIpc) is 3.18. The third-order valence-corrected chi connectivity index (χ3v) is 6.14.